The Bertz CT molecular complexity index is 1390. The largest absolute Gasteiger partial charge is 0.496 e. The maximum atomic E-state index is 12.8. The molecule has 1 atom stereocenters. The van der Waals surface area contributed by atoms with Crippen LogP contribution in [-0.2, 0) is 11.3 Å². The number of carbonyl (C=O) groups excluding carboxylic acids is 1. The molecule has 1 unspecified atom stereocenters. The molecule has 10 heteroatoms. The highest BCUT2D eigenvalue weighted by atomic mass is 79.9. The minimum Gasteiger partial charge on any atom is -0.496 e. The topological polar surface area (TPSA) is 93.4 Å². The van der Waals surface area contributed by atoms with Crippen LogP contribution in [0.1, 0.15) is 23.9 Å². The summed E-state index contributed by atoms with van der Waals surface area (Å²) in [5, 5.41) is 16.5. The molecule has 1 amide bonds. The lowest BCUT2D eigenvalue weighted by atomic mass is 10.2. The first-order valence-corrected chi connectivity index (χ1v) is 13.3. The van der Waals surface area contributed by atoms with Crippen LogP contribution in [0.15, 0.2) is 87.5 Å². The Morgan fingerprint density at radius 1 is 1.14 bits per heavy atom. The van der Waals surface area contributed by atoms with E-state index in [1.54, 1.807) is 13.3 Å². The van der Waals surface area contributed by atoms with Crippen LogP contribution in [0.25, 0.3) is 5.69 Å². The van der Waals surface area contributed by atoms with Gasteiger partial charge in [-0.15, -0.1) is 10.2 Å². The van der Waals surface area contributed by atoms with Crippen molar-refractivity contribution in [1.82, 2.24) is 20.2 Å². The summed E-state index contributed by atoms with van der Waals surface area (Å²) in [5.74, 6) is 1.15. The number of aromatic nitrogens is 3. The number of ether oxygens (including phenoxy) is 1. The molecule has 190 valence electrons. The van der Waals surface area contributed by atoms with Crippen LogP contribution >= 0.6 is 27.7 Å². The summed E-state index contributed by atoms with van der Waals surface area (Å²) in [5.41, 5.74) is 6.45. The van der Waals surface area contributed by atoms with E-state index < -0.39 is 5.25 Å². The average Bonchev–Trinajstić information content (AvgIpc) is 3.31. The van der Waals surface area contributed by atoms with Gasteiger partial charge in [0.15, 0.2) is 11.0 Å². The van der Waals surface area contributed by atoms with Gasteiger partial charge >= 0.3 is 0 Å². The summed E-state index contributed by atoms with van der Waals surface area (Å²) >= 11 is 4.75. The minimum atomic E-state index is -0.467. The second-order valence-corrected chi connectivity index (χ2v) is 10.3. The Balaban J connectivity index is 1.48. The molecule has 0 saturated carbocycles. The number of hydrogen-bond acceptors (Lipinski definition) is 7. The first-order chi connectivity index (χ1) is 18.0. The highest BCUT2D eigenvalue weighted by Gasteiger charge is 2.21. The summed E-state index contributed by atoms with van der Waals surface area (Å²) in [6.07, 6.45) is 1.56. The molecule has 3 aromatic carbocycles. The van der Waals surface area contributed by atoms with E-state index in [0.717, 1.165) is 32.8 Å². The molecule has 1 heterocycles. The number of nitrogens with zero attached hydrogens (tertiary/aromatic N) is 4. The van der Waals surface area contributed by atoms with E-state index in [-0.39, 0.29) is 5.91 Å². The Kier molecular flexibility index (Phi) is 8.97. The van der Waals surface area contributed by atoms with Gasteiger partial charge in [-0.2, -0.15) is 5.10 Å². The molecule has 37 heavy (non-hydrogen) atoms. The van der Waals surface area contributed by atoms with Gasteiger partial charge in [-0.1, -0.05) is 64.1 Å². The van der Waals surface area contributed by atoms with E-state index in [9.17, 15) is 4.79 Å². The van der Waals surface area contributed by atoms with Crippen LogP contribution < -0.4 is 15.5 Å². The van der Waals surface area contributed by atoms with E-state index >= 15 is 0 Å². The van der Waals surface area contributed by atoms with Crippen LogP contribution in [0.2, 0.25) is 0 Å². The van der Waals surface area contributed by atoms with Crippen molar-refractivity contribution in [3.8, 4) is 11.4 Å². The standard InChI is InChI=1S/C27H27BrN6O2S/c1-18-9-7-8-12-23(18)29-17-25-31-33-27(34(25)22-10-5-4-6-11-22)37-19(2)26(35)32-30-16-20-15-21(28)13-14-24(20)36-3/h4-16,19,29H,17H2,1-3H3,(H,32,35)/b30-16-. The Hall–Kier alpha value is -3.63. The number of benzene rings is 3. The summed E-state index contributed by atoms with van der Waals surface area (Å²) < 4.78 is 8.20. The van der Waals surface area contributed by atoms with Crippen LogP contribution in [0, 0.1) is 6.92 Å². The molecule has 4 aromatic rings. The van der Waals surface area contributed by atoms with Crippen LogP contribution in [0.5, 0.6) is 5.75 Å². The van der Waals surface area contributed by atoms with Crippen molar-refractivity contribution in [2.75, 3.05) is 12.4 Å². The maximum Gasteiger partial charge on any atom is 0.253 e. The molecule has 1 aromatic heterocycles. The maximum absolute atomic E-state index is 12.8. The molecule has 0 saturated heterocycles. The zero-order valence-electron chi connectivity index (χ0n) is 20.7. The summed E-state index contributed by atoms with van der Waals surface area (Å²) in [7, 11) is 1.59. The van der Waals surface area contributed by atoms with Crippen molar-refractivity contribution in [2.45, 2.75) is 30.8 Å². The molecule has 4 rings (SSSR count). The third-order valence-corrected chi connectivity index (χ3v) is 7.05. The first-order valence-electron chi connectivity index (χ1n) is 11.6. The van der Waals surface area contributed by atoms with Crippen LogP contribution in [0.3, 0.4) is 0 Å². The van der Waals surface area contributed by atoms with Crippen molar-refractivity contribution in [3.63, 3.8) is 0 Å². The van der Waals surface area contributed by atoms with E-state index in [0.29, 0.717) is 17.5 Å². The smallest absolute Gasteiger partial charge is 0.253 e. The van der Waals surface area contributed by atoms with E-state index in [4.69, 9.17) is 4.74 Å². The predicted octanol–water partition coefficient (Wildman–Crippen LogP) is 5.59. The molecule has 2 N–H and O–H groups in total. The molecule has 0 aliphatic carbocycles. The number of hydrazone groups is 1. The van der Waals surface area contributed by atoms with Crippen LogP contribution in [0.4, 0.5) is 5.69 Å². The fraction of sp³-hybridized carbons (Fsp3) is 0.185. The van der Waals surface area contributed by atoms with Crippen molar-refractivity contribution in [3.05, 3.63) is 94.2 Å². The SMILES string of the molecule is COc1ccc(Br)cc1/C=N\NC(=O)C(C)Sc1nnc(CNc2ccccc2C)n1-c1ccccc1. The van der Waals surface area contributed by atoms with E-state index in [1.165, 1.54) is 11.8 Å². The lowest BCUT2D eigenvalue weighted by Gasteiger charge is -2.14. The number of aryl methyl sites for hydroxylation is 1. The van der Waals surface area contributed by atoms with E-state index in [2.05, 4.69) is 55.0 Å². The molecule has 0 radical (unpaired) electrons. The van der Waals surface area contributed by atoms with Crippen LogP contribution in [-0.4, -0.2) is 39.2 Å². The monoisotopic (exact) mass is 578 g/mol. The number of para-hydroxylation sites is 2. The summed E-state index contributed by atoms with van der Waals surface area (Å²) in [4.78, 5) is 12.8. The molecule has 0 aliphatic heterocycles. The first kappa shape index (κ1) is 26.4. The number of thioether (sulfide) groups is 1. The number of rotatable bonds is 10. The highest BCUT2D eigenvalue weighted by Crippen LogP contribution is 2.27. The Labute approximate surface area is 228 Å². The van der Waals surface area contributed by atoms with Gasteiger partial charge in [0.1, 0.15) is 5.75 Å². The van der Waals surface area contributed by atoms with Crippen molar-refractivity contribution < 1.29 is 9.53 Å². The van der Waals surface area contributed by atoms with Gasteiger partial charge in [0.05, 0.1) is 25.1 Å². The molecule has 8 nitrogen and oxygen atoms in total. The molecule has 0 spiro atoms. The van der Waals surface area contributed by atoms with Gasteiger partial charge < -0.3 is 10.1 Å². The zero-order valence-corrected chi connectivity index (χ0v) is 23.1. The fourth-order valence-electron chi connectivity index (χ4n) is 3.55. The van der Waals surface area contributed by atoms with Gasteiger partial charge in [-0.3, -0.25) is 9.36 Å². The van der Waals surface area contributed by atoms with Crippen molar-refractivity contribution in [1.29, 1.82) is 0 Å². The number of halogens is 1. The van der Waals surface area contributed by atoms with Gasteiger partial charge in [0, 0.05) is 21.4 Å². The fourth-order valence-corrected chi connectivity index (χ4v) is 4.81. The normalized spacial score (nSPS) is 11.9. The number of nitrogens with one attached hydrogen (secondary N) is 2. The number of methoxy groups -OCH3 is 1. The lowest BCUT2D eigenvalue weighted by molar-refractivity contribution is -0.120. The molecule has 0 fully saturated rings. The van der Waals surface area contributed by atoms with Gasteiger partial charge in [-0.05, 0) is 55.8 Å². The quantitative estimate of drug-likeness (QED) is 0.145. The number of hydrogen-bond donors (Lipinski definition) is 2. The summed E-state index contributed by atoms with van der Waals surface area (Å²) in [6.45, 7) is 4.35. The lowest BCUT2D eigenvalue weighted by Crippen LogP contribution is -2.27. The summed E-state index contributed by atoms with van der Waals surface area (Å²) in [6, 6.07) is 23.5. The number of carbonyl (C=O) groups is 1. The van der Waals surface area contributed by atoms with Crippen molar-refractivity contribution in [2.24, 2.45) is 5.10 Å². The Morgan fingerprint density at radius 2 is 1.89 bits per heavy atom. The van der Waals surface area contributed by atoms with Crippen molar-refractivity contribution >= 4 is 45.5 Å². The highest BCUT2D eigenvalue weighted by molar-refractivity contribution is 9.10. The predicted molar refractivity (Wildman–Crippen MR) is 152 cm³/mol. The third kappa shape index (κ3) is 6.78. The zero-order chi connectivity index (χ0) is 26.2. The minimum absolute atomic E-state index is 0.252. The van der Waals surface area contributed by atoms with E-state index in [1.807, 2.05) is 78.2 Å². The number of anilines is 1. The second kappa shape index (κ2) is 12.6. The average molecular weight is 580 g/mol. The third-order valence-electron chi connectivity index (χ3n) is 5.52. The molecule has 0 aliphatic rings. The molecular weight excluding hydrogens is 552 g/mol. The second-order valence-electron chi connectivity index (χ2n) is 8.12. The van der Waals surface area contributed by atoms with Gasteiger partial charge in [-0.25, -0.2) is 5.43 Å². The molecule has 0 bridgehead atoms. The van der Waals surface area contributed by atoms with Gasteiger partial charge in [0.25, 0.3) is 5.91 Å². The molecular formula is C27H27BrN6O2S. The number of amides is 1. The Morgan fingerprint density at radius 3 is 2.65 bits per heavy atom. The van der Waals surface area contributed by atoms with Gasteiger partial charge in [0.2, 0.25) is 0 Å².